The number of nitrogens with zero attached hydrogens (tertiary/aromatic N) is 2. The number of alkyl halides is 3. The van der Waals surface area contributed by atoms with Gasteiger partial charge in [0.05, 0.1) is 6.42 Å². The van der Waals surface area contributed by atoms with E-state index in [4.69, 9.17) is 5.73 Å². The number of amides is 1. The normalized spacial score (nSPS) is 17.5. The molecule has 1 aliphatic heterocycles. The molecule has 0 aromatic rings. The lowest BCUT2D eigenvalue weighted by molar-refractivity contribution is -0.150. The molecule has 0 aromatic carbocycles. The highest BCUT2D eigenvalue weighted by Gasteiger charge is 2.30. The Labute approximate surface area is 118 Å². The van der Waals surface area contributed by atoms with Crippen molar-refractivity contribution in [2.45, 2.75) is 38.3 Å². The quantitative estimate of drug-likeness (QED) is 0.726. The molecular formula is C13H24F3N3O. The van der Waals surface area contributed by atoms with Crippen molar-refractivity contribution in [3.05, 3.63) is 0 Å². The number of carbonyl (C=O) groups excluding carboxylic acids is 1. The van der Waals surface area contributed by atoms with Crippen molar-refractivity contribution >= 4 is 5.91 Å². The van der Waals surface area contributed by atoms with Gasteiger partial charge in [0.2, 0.25) is 5.91 Å². The van der Waals surface area contributed by atoms with Gasteiger partial charge in [-0.2, -0.15) is 13.2 Å². The van der Waals surface area contributed by atoms with E-state index >= 15 is 0 Å². The predicted molar refractivity (Wildman–Crippen MR) is 71.2 cm³/mol. The van der Waals surface area contributed by atoms with Crippen LogP contribution in [0, 0.1) is 0 Å². The summed E-state index contributed by atoms with van der Waals surface area (Å²) in [5.74, 6) is -0.384. The van der Waals surface area contributed by atoms with Crippen LogP contribution >= 0.6 is 0 Å². The molecule has 0 bridgehead atoms. The molecule has 0 atom stereocenters. The average Bonchev–Trinajstić information content (AvgIpc) is 2.41. The maximum absolute atomic E-state index is 12.1. The van der Waals surface area contributed by atoms with E-state index in [0.29, 0.717) is 19.6 Å². The molecule has 1 fully saturated rings. The van der Waals surface area contributed by atoms with Gasteiger partial charge in [-0.15, -0.1) is 0 Å². The fourth-order valence-electron chi connectivity index (χ4n) is 2.28. The van der Waals surface area contributed by atoms with Gasteiger partial charge < -0.3 is 10.6 Å². The van der Waals surface area contributed by atoms with Gasteiger partial charge in [-0.1, -0.05) is 6.42 Å². The number of hydrogen-bond acceptors (Lipinski definition) is 3. The molecule has 0 aromatic heterocycles. The number of piperazine rings is 1. The van der Waals surface area contributed by atoms with E-state index in [1.807, 2.05) is 0 Å². The third-order valence-corrected chi connectivity index (χ3v) is 3.53. The van der Waals surface area contributed by atoms with Gasteiger partial charge in [0, 0.05) is 32.6 Å². The van der Waals surface area contributed by atoms with Crippen LogP contribution in [0.1, 0.15) is 32.1 Å². The smallest absolute Gasteiger partial charge is 0.340 e. The monoisotopic (exact) mass is 295 g/mol. The molecule has 0 saturated carbocycles. The molecular weight excluding hydrogens is 271 g/mol. The summed E-state index contributed by atoms with van der Waals surface area (Å²) in [6.45, 7) is 4.26. The van der Waals surface area contributed by atoms with Crippen molar-refractivity contribution in [2.75, 3.05) is 39.3 Å². The first-order valence-corrected chi connectivity index (χ1v) is 7.19. The van der Waals surface area contributed by atoms with Gasteiger partial charge in [0.25, 0.3) is 0 Å². The minimum Gasteiger partial charge on any atom is -0.340 e. The molecule has 0 radical (unpaired) electrons. The van der Waals surface area contributed by atoms with Crippen LogP contribution in [0.2, 0.25) is 0 Å². The summed E-state index contributed by atoms with van der Waals surface area (Å²) in [6, 6.07) is 0. The fraction of sp³-hybridized carbons (Fsp3) is 0.923. The SMILES string of the molecule is NCCCCCN1CCN(C(=O)CCC(F)(F)F)CC1. The van der Waals surface area contributed by atoms with Crippen LogP contribution in [-0.4, -0.2) is 61.2 Å². The van der Waals surface area contributed by atoms with Crippen molar-refractivity contribution in [1.82, 2.24) is 9.80 Å². The largest absolute Gasteiger partial charge is 0.389 e. The minimum absolute atomic E-state index is 0.384. The number of hydrogen-bond donors (Lipinski definition) is 1. The molecule has 0 unspecified atom stereocenters. The second-order valence-corrected chi connectivity index (χ2v) is 5.19. The van der Waals surface area contributed by atoms with Gasteiger partial charge >= 0.3 is 6.18 Å². The van der Waals surface area contributed by atoms with E-state index in [0.717, 1.165) is 38.9 Å². The third kappa shape index (κ3) is 7.09. The molecule has 4 nitrogen and oxygen atoms in total. The van der Waals surface area contributed by atoms with Crippen LogP contribution in [0.3, 0.4) is 0 Å². The van der Waals surface area contributed by atoms with Crippen LogP contribution in [0.4, 0.5) is 13.2 Å². The van der Waals surface area contributed by atoms with E-state index < -0.39 is 19.0 Å². The molecule has 2 N–H and O–H groups in total. The Balaban J connectivity index is 2.16. The maximum atomic E-state index is 12.1. The van der Waals surface area contributed by atoms with Crippen LogP contribution in [0.5, 0.6) is 0 Å². The molecule has 1 amide bonds. The minimum atomic E-state index is -4.25. The summed E-state index contributed by atoms with van der Waals surface area (Å²) >= 11 is 0. The van der Waals surface area contributed by atoms with Crippen LogP contribution < -0.4 is 5.73 Å². The highest BCUT2D eigenvalue weighted by molar-refractivity contribution is 5.76. The Morgan fingerprint density at radius 2 is 1.70 bits per heavy atom. The zero-order valence-corrected chi connectivity index (χ0v) is 11.8. The Morgan fingerprint density at radius 1 is 1.05 bits per heavy atom. The lowest BCUT2D eigenvalue weighted by Crippen LogP contribution is -2.48. The zero-order valence-electron chi connectivity index (χ0n) is 11.8. The lowest BCUT2D eigenvalue weighted by Gasteiger charge is -2.34. The van der Waals surface area contributed by atoms with Crippen LogP contribution in [0.15, 0.2) is 0 Å². The van der Waals surface area contributed by atoms with Crippen molar-refractivity contribution in [3.63, 3.8) is 0 Å². The van der Waals surface area contributed by atoms with E-state index in [-0.39, 0.29) is 5.91 Å². The molecule has 7 heteroatoms. The van der Waals surface area contributed by atoms with Crippen molar-refractivity contribution in [1.29, 1.82) is 0 Å². The molecule has 0 aliphatic carbocycles. The Hall–Kier alpha value is -0.820. The van der Waals surface area contributed by atoms with E-state index in [2.05, 4.69) is 4.90 Å². The highest BCUT2D eigenvalue weighted by Crippen LogP contribution is 2.22. The number of unbranched alkanes of at least 4 members (excludes halogenated alkanes) is 2. The molecule has 0 spiro atoms. The summed E-state index contributed by atoms with van der Waals surface area (Å²) < 4.78 is 36.2. The zero-order chi connectivity index (χ0) is 15.0. The summed E-state index contributed by atoms with van der Waals surface area (Å²) in [7, 11) is 0. The third-order valence-electron chi connectivity index (χ3n) is 3.53. The second kappa shape index (κ2) is 8.46. The van der Waals surface area contributed by atoms with E-state index in [9.17, 15) is 18.0 Å². The topological polar surface area (TPSA) is 49.6 Å². The summed E-state index contributed by atoms with van der Waals surface area (Å²) in [4.78, 5) is 15.4. The fourth-order valence-corrected chi connectivity index (χ4v) is 2.28. The number of carbonyl (C=O) groups is 1. The van der Waals surface area contributed by atoms with Crippen LogP contribution in [0.25, 0.3) is 0 Å². The van der Waals surface area contributed by atoms with Gasteiger partial charge in [0.1, 0.15) is 0 Å². The molecule has 1 rings (SSSR count). The first kappa shape index (κ1) is 17.2. The van der Waals surface area contributed by atoms with Crippen LogP contribution in [-0.2, 0) is 4.79 Å². The van der Waals surface area contributed by atoms with Gasteiger partial charge in [0.15, 0.2) is 0 Å². The van der Waals surface area contributed by atoms with E-state index in [1.165, 1.54) is 0 Å². The first-order valence-electron chi connectivity index (χ1n) is 7.19. The average molecular weight is 295 g/mol. The van der Waals surface area contributed by atoms with Gasteiger partial charge in [-0.05, 0) is 25.9 Å². The van der Waals surface area contributed by atoms with E-state index in [1.54, 1.807) is 4.90 Å². The summed E-state index contributed by atoms with van der Waals surface area (Å²) in [5.41, 5.74) is 5.42. The number of nitrogens with two attached hydrogens (primary N) is 1. The van der Waals surface area contributed by atoms with Crippen molar-refractivity contribution in [3.8, 4) is 0 Å². The first-order chi connectivity index (χ1) is 9.42. The Bertz CT molecular complexity index is 289. The molecule has 20 heavy (non-hydrogen) atoms. The van der Waals surface area contributed by atoms with Gasteiger partial charge in [-0.25, -0.2) is 0 Å². The van der Waals surface area contributed by atoms with Crippen molar-refractivity contribution < 1.29 is 18.0 Å². The maximum Gasteiger partial charge on any atom is 0.389 e. The molecule has 118 valence electrons. The molecule has 1 saturated heterocycles. The predicted octanol–water partition coefficient (Wildman–Crippen LogP) is 1.60. The van der Waals surface area contributed by atoms with Gasteiger partial charge in [-0.3, -0.25) is 9.69 Å². The standard InChI is InChI=1S/C13H24F3N3O/c14-13(15,16)5-4-12(20)19-10-8-18(9-11-19)7-3-1-2-6-17/h1-11,17H2. The molecule has 1 aliphatic rings. The number of halogens is 3. The lowest BCUT2D eigenvalue weighted by atomic mass is 10.2. The molecule has 1 heterocycles. The summed E-state index contributed by atoms with van der Waals surface area (Å²) in [5, 5.41) is 0. The Morgan fingerprint density at radius 3 is 2.25 bits per heavy atom. The highest BCUT2D eigenvalue weighted by atomic mass is 19.4. The second-order valence-electron chi connectivity index (χ2n) is 5.19. The Kier molecular flexibility index (Phi) is 7.29. The summed E-state index contributed by atoms with van der Waals surface area (Å²) in [6.07, 6.45) is -2.50. The van der Waals surface area contributed by atoms with Crippen molar-refractivity contribution in [2.24, 2.45) is 5.73 Å². The number of rotatable bonds is 7.